The van der Waals surface area contributed by atoms with E-state index in [0.29, 0.717) is 17.1 Å². The number of aryl methyl sites for hydroxylation is 1. The first kappa shape index (κ1) is 19.6. The number of Topliss-reactive ketones (excluding diaryl/α,β-unsaturated/α-hetero) is 1. The van der Waals surface area contributed by atoms with E-state index in [4.69, 9.17) is 11.6 Å². The molecule has 1 aromatic carbocycles. The van der Waals surface area contributed by atoms with E-state index in [1.54, 1.807) is 29.2 Å². The van der Waals surface area contributed by atoms with Crippen LogP contribution >= 0.6 is 22.9 Å². The van der Waals surface area contributed by atoms with Crippen LogP contribution in [0.2, 0.25) is 5.02 Å². The van der Waals surface area contributed by atoms with Crippen molar-refractivity contribution in [1.29, 1.82) is 0 Å². The number of halogens is 1. The van der Waals surface area contributed by atoms with Crippen molar-refractivity contribution in [3.63, 3.8) is 0 Å². The van der Waals surface area contributed by atoms with E-state index in [2.05, 4.69) is 6.92 Å². The van der Waals surface area contributed by atoms with Gasteiger partial charge in [0.05, 0.1) is 11.6 Å². The van der Waals surface area contributed by atoms with Crippen molar-refractivity contribution in [3.05, 3.63) is 62.3 Å². The monoisotopic (exact) mass is 403 g/mol. The number of thiophene rings is 1. The molecule has 2 heterocycles. The van der Waals surface area contributed by atoms with E-state index < -0.39 is 17.7 Å². The quantitative estimate of drug-likeness (QED) is 0.307. The van der Waals surface area contributed by atoms with Crippen LogP contribution in [0.1, 0.15) is 48.2 Å². The highest BCUT2D eigenvalue weighted by Crippen LogP contribution is 2.42. The average molecular weight is 404 g/mol. The molecular weight excluding hydrogens is 382 g/mol. The second-order valence-electron chi connectivity index (χ2n) is 6.68. The highest BCUT2D eigenvalue weighted by atomic mass is 35.5. The van der Waals surface area contributed by atoms with Crippen LogP contribution in [0, 0.1) is 6.92 Å². The van der Waals surface area contributed by atoms with Gasteiger partial charge in [-0.05, 0) is 42.5 Å². The van der Waals surface area contributed by atoms with Gasteiger partial charge in [0.2, 0.25) is 0 Å². The molecule has 1 aliphatic heterocycles. The van der Waals surface area contributed by atoms with Crippen LogP contribution in [0.25, 0.3) is 5.76 Å². The zero-order valence-corrected chi connectivity index (χ0v) is 16.9. The Balaban J connectivity index is 2.12. The fourth-order valence-electron chi connectivity index (χ4n) is 3.37. The molecule has 1 unspecified atom stereocenters. The average Bonchev–Trinajstić information content (AvgIpc) is 3.17. The minimum Gasteiger partial charge on any atom is -0.507 e. The standard InChI is InChI=1S/C21H22ClNO3S/c1-3-4-5-10-23-17(20-13(2)9-11-27-20)16(19(25)21(23)26)18(24)14-7-6-8-15(22)12-14/h6-9,11-12,17,24H,3-5,10H2,1-2H3/b18-16-. The number of aliphatic hydroxyl groups excluding tert-OH is 1. The summed E-state index contributed by atoms with van der Waals surface area (Å²) in [5.41, 5.74) is 1.59. The number of nitrogens with zero attached hydrogens (tertiary/aromatic N) is 1. The molecule has 4 nitrogen and oxygen atoms in total. The first-order valence-corrected chi connectivity index (χ1v) is 10.3. The number of likely N-dealkylation sites (tertiary alicyclic amines) is 1. The molecule has 0 aliphatic carbocycles. The lowest BCUT2D eigenvalue weighted by atomic mass is 9.98. The van der Waals surface area contributed by atoms with E-state index in [1.165, 1.54) is 11.3 Å². The summed E-state index contributed by atoms with van der Waals surface area (Å²) < 4.78 is 0. The summed E-state index contributed by atoms with van der Waals surface area (Å²) in [6.07, 6.45) is 2.82. The summed E-state index contributed by atoms with van der Waals surface area (Å²) in [5, 5.41) is 13.3. The number of aliphatic hydroxyl groups is 1. The highest BCUT2D eigenvalue weighted by molar-refractivity contribution is 7.10. The Hall–Kier alpha value is -2.11. The third kappa shape index (κ3) is 3.80. The second-order valence-corrected chi connectivity index (χ2v) is 8.06. The largest absolute Gasteiger partial charge is 0.507 e. The molecule has 2 aromatic rings. The first-order chi connectivity index (χ1) is 13.0. The number of ketones is 1. The van der Waals surface area contributed by atoms with Crippen molar-refractivity contribution in [2.24, 2.45) is 0 Å². The van der Waals surface area contributed by atoms with E-state index in [9.17, 15) is 14.7 Å². The first-order valence-electron chi connectivity index (χ1n) is 9.04. The maximum Gasteiger partial charge on any atom is 0.295 e. The van der Waals surface area contributed by atoms with E-state index in [1.807, 2.05) is 18.4 Å². The van der Waals surface area contributed by atoms with Gasteiger partial charge >= 0.3 is 0 Å². The topological polar surface area (TPSA) is 57.6 Å². The Morgan fingerprint density at radius 2 is 2.04 bits per heavy atom. The fraction of sp³-hybridized carbons (Fsp3) is 0.333. The second kappa shape index (κ2) is 8.28. The molecule has 1 aliphatic rings. The number of rotatable bonds is 6. The van der Waals surface area contributed by atoms with Crippen molar-refractivity contribution in [2.75, 3.05) is 6.54 Å². The van der Waals surface area contributed by atoms with E-state index in [-0.39, 0.29) is 11.3 Å². The summed E-state index contributed by atoms with van der Waals surface area (Å²) in [5.74, 6) is -1.36. The van der Waals surface area contributed by atoms with Crippen LogP contribution in [0.5, 0.6) is 0 Å². The fourth-order valence-corrected chi connectivity index (χ4v) is 4.61. The molecule has 6 heteroatoms. The lowest BCUT2D eigenvalue weighted by Gasteiger charge is -2.24. The molecule has 3 rings (SSSR count). The lowest BCUT2D eigenvalue weighted by molar-refractivity contribution is -0.139. The van der Waals surface area contributed by atoms with Crippen LogP contribution in [0.15, 0.2) is 41.3 Å². The molecule has 1 atom stereocenters. The summed E-state index contributed by atoms with van der Waals surface area (Å²) >= 11 is 7.54. The van der Waals surface area contributed by atoms with Crippen LogP contribution in [-0.2, 0) is 9.59 Å². The predicted octanol–water partition coefficient (Wildman–Crippen LogP) is 5.32. The van der Waals surface area contributed by atoms with Crippen LogP contribution in [0.4, 0.5) is 0 Å². The number of hydrogen-bond donors (Lipinski definition) is 1. The Bertz CT molecular complexity index is 902. The highest BCUT2D eigenvalue weighted by Gasteiger charge is 2.46. The van der Waals surface area contributed by atoms with Crippen LogP contribution in [0.3, 0.4) is 0 Å². The molecule has 1 amide bonds. The molecule has 1 fully saturated rings. The summed E-state index contributed by atoms with van der Waals surface area (Å²) in [4.78, 5) is 28.1. The van der Waals surface area contributed by atoms with Gasteiger partial charge in [0.25, 0.3) is 11.7 Å². The van der Waals surface area contributed by atoms with Gasteiger partial charge in [-0.3, -0.25) is 9.59 Å². The summed E-state index contributed by atoms with van der Waals surface area (Å²) in [6.45, 7) is 4.54. The SMILES string of the molecule is CCCCCN1C(=O)C(=O)/C(=C(\O)c2cccc(Cl)c2)C1c1sccc1C. The number of hydrogen-bond acceptors (Lipinski definition) is 4. The minimum absolute atomic E-state index is 0.143. The van der Waals surface area contributed by atoms with Gasteiger partial charge in [0.15, 0.2) is 0 Å². The smallest absolute Gasteiger partial charge is 0.295 e. The number of carbonyl (C=O) groups is 2. The van der Waals surface area contributed by atoms with Crippen LogP contribution in [-0.4, -0.2) is 28.2 Å². The number of benzene rings is 1. The Morgan fingerprint density at radius 3 is 2.67 bits per heavy atom. The zero-order chi connectivity index (χ0) is 19.6. The van der Waals surface area contributed by atoms with Gasteiger partial charge in [0, 0.05) is 22.0 Å². The summed E-state index contributed by atoms with van der Waals surface area (Å²) in [7, 11) is 0. The molecule has 1 saturated heterocycles. The van der Waals surface area contributed by atoms with Crippen LogP contribution < -0.4 is 0 Å². The van der Waals surface area contributed by atoms with Gasteiger partial charge in [-0.2, -0.15) is 0 Å². The van der Waals surface area contributed by atoms with Gasteiger partial charge in [-0.1, -0.05) is 43.5 Å². The third-order valence-corrected chi connectivity index (χ3v) is 6.10. The van der Waals surface area contributed by atoms with Crippen molar-refractivity contribution in [3.8, 4) is 0 Å². The van der Waals surface area contributed by atoms with Crippen molar-refractivity contribution in [2.45, 2.75) is 39.2 Å². The predicted molar refractivity (Wildman–Crippen MR) is 109 cm³/mol. The molecule has 1 N–H and O–H groups in total. The molecule has 1 aromatic heterocycles. The van der Waals surface area contributed by atoms with Gasteiger partial charge in [-0.25, -0.2) is 0 Å². The molecule has 0 bridgehead atoms. The van der Waals surface area contributed by atoms with Crippen molar-refractivity contribution < 1.29 is 14.7 Å². The normalized spacial score (nSPS) is 19.1. The molecule has 0 spiro atoms. The molecular formula is C21H22ClNO3S. The van der Waals surface area contributed by atoms with Crippen molar-refractivity contribution >= 4 is 40.4 Å². The maximum atomic E-state index is 12.8. The molecule has 142 valence electrons. The number of carbonyl (C=O) groups excluding carboxylic acids is 2. The number of amides is 1. The summed E-state index contributed by atoms with van der Waals surface area (Å²) in [6, 6.07) is 8.10. The third-order valence-electron chi connectivity index (χ3n) is 4.79. The zero-order valence-electron chi connectivity index (χ0n) is 15.4. The Kier molecular flexibility index (Phi) is 6.02. The molecule has 0 radical (unpaired) electrons. The van der Waals surface area contributed by atoms with Gasteiger partial charge in [0.1, 0.15) is 5.76 Å². The minimum atomic E-state index is -0.637. The number of unbranched alkanes of at least 4 members (excludes halogenated alkanes) is 2. The van der Waals surface area contributed by atoms with E-state index >= 15 is 0 Å². The lowest BCUT2D eigenvalue weighted by Crippen LogP contribution is -2.30. The maximum absolute atomic E-state index is 12.8. The van der Waals surface area contributed by atoms with Crippen molar-refractivity contribution in [1.82, 2.24) is 4.90 Å². The van der Waals surface area contributed by atoms with Gasteiger partial charge in [-0.15, -0.1) is 11.3 Å². The molecule has 0 saturated carbocycles. The Morgan fingerprint density at radius 1 is 1.26 bits per heavy atom. The molecule has 27 heavy (non-hydrogen) atoms. The Labute approximate surface area is 168 Å². The van der Waals surface area contributed by atoms with Gasteiger partial charge < -0.3 is 10.0 Å². The van der Waals surface area contributed by atoms with E-state index in [0.717, 1.165) is 29.7 Å².